The molecule has 2 nitrogen and oxygen atoms in total. The molecule has 0 radical (unpaired) electrons. The zero-order valence-electron chi connectivity index (χ0n) is 4.04. The van der Waals surface area contributed by atoms with Crippen LogP contribution in [0.2, 0.25) is 0 Å². The SMILES string of the molecule is CNNCC(F)F. The van der Waals surface area contributed by atoms with Crippen LogP contribution in [0.25, 0.3) is 0 Å². The monoisotopic (exact) mass is 110 g/mol. The molecule has 0 rings (SSSR count). The lowest BCUT2D eigenvalue weighted by Crippen LogP contribution is -2.31. The molecular weight excluding hydrogens is 102 g/mol. The minimum atomic E-state index is -2.27. The van der Waals surface area contributed by atoms with Crippen molar-refractivity contribution in [2.24, 2.45) is 0 Å². The van der Waals surface area contributed by atoms with Crippen molar-refractivity contribution in [3.8, 4) is 0 Å². The van der Waals surface area contributed by atoms with Crippen molar-refractivity contribution in [1.29, 1.82) is 0 Å². The minimum absolute atomic E-state index is 0.295. The predicted molar refractivity (Wildman–Crippen MR) is 23.1 cm³/mol. The first kappa shape index (κ1) is 6.78. The van der Waals surface area contributed by atoms with Crippen molar-refractivity contribution < 1.29 is 8.78 Å². The Balaban J connectivity index is 2.68. The third-order valence-electron chi connectivity index (χ3n) is 0.433. The molecular formula is C3H8F2N2. The van der Waals surface area contributed by atoms with Crippen LogP contribution >= 0.6 is 0 Å². The summed E-state index contributed by atoms with van der Waals surface area (Å²) in [5, 5.41) is 0. The van der Waals surface area contributed by atoms with Crippen LogP contribution in [0.15, 0.2) is 0 Å². The van der Waals surface area contributed by atoms with Gasteiger partial charge >= 0.3 is 0 Å². The lowest BCUT2D eigenvalue weighted by atomic mass is 10.7. The number of alkyl halides is 2. The molecule has 0 unspecified atom stereocenters. The predicted octanol–water partition coefficient (Wildman–Crippen LogP) is -0.0245. The highest BCUT2D eigenvalue weighted by Gasteiger charge is 1.96. The molecule has 0 aromatic rings. The molecule has 0 aromatic carbocycles. The molecule has 0 atom stereocenters. The smallest absolute Gasteiger partial charge is 0.252 e. The fourth-order valence-electron chi connectivity index (χ4n) is 0.179. The van der Waals surface area contributed by atoms with Gasteiger partial charge in [-0.25, -0.2) is 8.78 Å². The van der Waals surface area contributed by atoms with Crippen LogP contribution in [0, 0.1) is 0 Å². The summed E-state index contributed by atoms with van der Waals surface area (Å²) < 4.78 is 22.2. The van der Waals surface area contributed by atoms with E-state index in [9.17, 15) is 8.78 Å². The largest absolute Gasteiger partial charge is 0.261 e. The summed E-state index contributed by atoms with van der Waals surface area (Å²) in [7, 11) is 1.54. The number of rotatable bonds is 3. The fraction of sp³-hybridized carbons (Fsp3) is 1.00. The first-order chi connectivity index (χ1) is 3.27. The second kappa shape index (κ2) is 3.95. The Hall–Kier alpha value is -0.220. The van der Waals surface area contributed by atoms with Crippen molar-refractivity contribution in [2.45, 2.75) is 6.43 Å². The summed E-state index contributed by atoms with van der Waals surface area (Å²) >= 11 is 0. The molecule has 0 aliphatic carbocycles. The van der Waals surface area contributed by atoms with E-state index in [1.807, 2.05) is 0 Å². The second-order valence-electron chi connectivity index (χ2n) is 1.02. The molecule has 0 aromatic heterocycles. The molecule has 7 heavy (non-hydrogen) atoms. The van der Waals surface area contributed by atoms with Crippen molar-refractivity contribution in [1.82, 2.24) is 10.9 Å². The number of hydrogen-bond donors (Lipinski definition) is 2. The van der Waals surface area contributed by atoms with E-state index in [0.29, 0.717) is 0 Å². The van der Waals surface area contributed by atoms with Gasteiger partial charge in [0.1, 0.15) is 0 Å². The highest BCUT2D eigenvalue weighted by Crippen LogP contribution is 1.84. The van der Waals surface area contributed by atoms with E-state index in [4.69, 9.17) is 0 Å². The lowest BCUT2D eigenvalue weighted by Gasteiger charge is -1.97. The van der Waals surface area contributed by atoms with Crippen LogP contribution in [-0.4, -0.2) is 20.0 Å². The van der Waals surface area contributed by atoms with Gasteiger partial charge in [0.25, 0.3) is 6.43 Å². The number of hydrazine groups is 1. The van der Waals surface area contributed by atoms with Gasteiger partial charge in [0.2, 0.25) is 0 Å². The van der Waals surface area contributed by atoms with Gasteiger partial charge in [-0.15, -0.1) is 0 Å². The summed E-state index contributed by atoms with van der Waals surface area (Å²) in [6.07, 6.45) is -2.27. The Kier molecular flexibility index (Phi) is 3.83. The fourth-order valence-corrected chi connectivity index (χ4v) is 0.179. The highest BCUT2D eigenvalue weighted by molar-refractivity contribution is 4.37. The van der Waals surface area contributed by atoms with E-state index in [-0.39, 0.29) is 6.54 Å². The molecule has 0 saturated heterocycles. The van der Waals surface area contributed by atoms with Crippen molar-refractivity contribution in [3.63, 3.8) is 0 Å². The van der Waals surface area contributed by atoms with E-state index in [1.54, 1.807) is 7.05 Å². The van der Waals surface area contributed by atoms with E-state index >= 15 is 0 Å². The van der Waals surface area contributed by atoms with Gasteiger partial charge in [-0.2, -0.15) is 0 Å². The molecule has 0 aliphatic rings. The average Bonchev–Trinajstić information content (AvgIpc) is 1.61. The minimum Gasteiger partial charge on any atom is -0.261 e. The second-order valence-corrected chi connectivity index (χ2v) is 1.02. The number of halogens is 2. The van der Waals surface area contributed by atoms with E-state index in [0.717, 1.165) is 0 Å². The van der Waals surface area contributed by atoms with E-state index < -0.39 is 6.43 Å². The Labute approximate surface area is 40.9 Å². The molecule has 0 heterocycles. The quantitative estimate of drug-likeness (QED) is 0.499. The van der Waals surface area contributed by atoms with Crippen LogP contribution in [-0.2, 0) is 0 Å². The standard InChI is InChI=1S/C3H8F2N2/c1-6-7-2-3(4)5/h3,6-7H,2H2,1H3. The molecule has 0 amide bonds. The zero-order valence-corrected chi connectivity index (χ0v) is 4.04. The van der Waals surface area contributed by atoms with Gasteiger partial charge in [-0.3, -0.25) is 10.9 Å². The van der Waals surface area contributed by atoms with E-state index in [1.165, 1.54) is 0 Å². The maximum atomic E-state index is 11.1. The van der Waals surface area contributed by atoms with Crippen LogP contribution in [0.3, 0.4) is 0 Å². The van der Waals surface area contributed by atoms with Gasteiger partial charge in [0, 0.05) is 0 Å². The zero-order chi connectivity index (χ0) is 5.70. The van der Waals surface area contributed by atoms with E-state index in [2.05, 4.69) is 10.9 Å². The van der Waals surface area contributed by atoms with Crippen LogP contribution in [0.1, 0.15) is 0 Å². The molecule has 4 heteroatoms. The van der Waals surface area contributed by atoms with Gasteiger partial charge in [0.15, 0.2) is 0 Å². The van der Waals surface area contributed by atoms with Crippen molar-refractivity contribution in [3.05, 3.63) is 0 Å². The third kappa shape index (κ3) is 5.78. The summed E-state index contributed by atoms with van der Waals surface area (Å²) in [5.74, 6) is 0. The summed E-state index contributed by atoms with van der Waals surface area (Å²) in [4.78, 5) is 0. The normalized spacial score (nSPS) is 10.3. The maximum absolute atomic E-state index is 11.1. The van der Waals surface area contributed by atoms with Crippen LogP contribution in [0.4, 0.5) is 8.78 Å². The molecule has 0 bridgehead atoms. The van der Waals surface area contributed by atoms with Gasteiger partial charge < -0.3 is 0 Å². The maximum Gasteiger partial charge on any atom is 0.252 e. The Morgan fingerprint density at radius 2 is 2.14 bits per heavy atom. The third-order valence-corrected chi connectivity index (χ3v) is 0.433. The summed E-state index contributed by atoms with van der Waals surface area (Å²) in [6, 6.07) is 0. The first-order valence-corrected chi connectivity index (χ1v) is 1.95. The van der Waals surface area contributed by atoms with Crippen LogP contribution < -0.4 is 10.9 Å². The van der Waals surface area contributed by atoms with Crippen LogP contribution in [0.5, 0.6) is 0 Å². The average molecular weight is 110 g/mol. The van der Waals surface area contributed by atoms with Gasteiger partial charge in [-0.1, -0.05) is 0 Å². The summed E-state index contributed by atoms with van der Waals surface area (Å²) in [5.41, 5.74) is 4.62. The molecule has 0 spiro atoms. The first-order valence-electron chi connectivity index (χ1n) is 1.95. The molecule has 0 fully saturated rings. The Morgan fingerprint density at radius 1 is 1.57 bits per heavy atom. The van der Waals surface area contributed by atoms with Crippen molar-refractivity contribution in [2.75, 3.05) is 13.6 Å². The molecule has 0 aliphatic heterocycles. The lowest BCUT2D eigenvalue weighted by molar-refractivity contribution is 0.142. The Bertz CT molecular complexity index is 39.9. The molecule has 44 valence electrons. The van der Waals surface area contributed by atoms with Gasteiger partial charge in [-0.05, 0) is 7.05 Å². The summed E-state index contributed by atoms with van der Waals surface area (Å²) in [6.45, 7) is -0.295. The van der Waals surface area contributed by atoms with Gasteiger partial charge in [0.05, 0.1) is 6.54 Å². The van der Waals surface area contributed by atoms with Crippen molar-refractivity contribution >= 4 is 0 Å². The number of hydrogen-bond acceptors (Lipinski definition) is 2. The topological polar surface area (TPSA) is 24.1 Å². The number of nitrogens with one attached hydrogen (secondary N) is 2. The highest BCUT2D eigenvalue weighted by atomic mass is 19.3. The molecule has 0 saturated carbocycles. The Morgan fingerprint density at radius 3 is 2.29 bits per heavy atom. The molecule has 2 N–H and O–H groups in total.